The zero-order valence-electron chi connectivity index (χ0n) is 20.4. The highest BCUT2D eigenvalue weighted by atomic mass is 16.5. The summed E-state index contributed by atoms with van der Waals surface area (Å²) in [7, 11) is 3.24. The molecule has 3 aromatic carbocycles. The van der Waals surface area contributed by atoms with Crippen molar-refractivity contribution in [2.45, 2.75) is 26.3 Å². The number of hydrogen-bond acceptors (Lipinski definition) is 5. The largest absolute Gasteiger partial charge is 0.497 e. The molecule has 0 atom stereocenters. The molecule has 4 rings (SSSR count). The Labute approximate surface area is 206 Å². The lowest BCUT2D eigenvalue weighted by Crippen LogP contribution is -2.25. The molecular formula is C29H30N2O4. The van der Waals surface area contributed by atoms with Crippen LogP contribution in [0.15, 0.2) is 89.3 Å². The van der Waals surface area contributed by atoms with E-state index in [9.17, 15) is 4.79 Å². The molecule has 0 aliphatic carbocycles. The van der Waals surface area contributed by atoms with Crippen molar-refractivity contribution in [2.24, 2.45) is 0 Å². The maximum Gasteiger partial charge on any atom is 0.291 e. The Balaban J connectivity index is 1.45. The zero-order chi connectivity index (χ0) is 24.8. The zero-order valence-corrected chi connectivity index (χ0v) is 20.4. The van der Waals surface area contributed by atoms with Gasteiger partial charge in [0.15, 0.2) is 5.76 Å². The molecule has 1 amide bonds. The van der Waals surface area contributed by atoms with Gasteiger partial charge in [0.1, 0.15) is 17.3 Å². The van der Waals surface area contributed by atoms with Crippen LogP contribution in [0.1, 0.15) is 35.7 Å². The summed E-state index contributed by atoms with van der Waals surface area (Å²) < 4.78 is 16.6. The van der Waals surface area contributed by atoms with Crippen LogP contribution in [0.5, 0.6) is 11.5 Å². The van der Waals surface area contributed by atoms with E-state index in [1.165, 1.54) is 0 Å². The van der Waals surface area contributed by atoms with Crippen LogP contribution in [0, 0.1) is 0 Å². The Morgan fingerprint density at radius 3 is 2.26 bits per heavy atom. The second-order valence-electron chi connectivity index (χ2n) is 8.42. The van der Waals surface area contributed by atoms with Gasteiger partial charge >= 0.3 is 0 Å². The summed E-state index contributed by atoms with van der Waals surface area (Å²) in [5.41, 5.74) is 3.78. The fourth-order valence-corrected chi connectivity index (χ4v) is 4.03. The van der Waals surface area contributed by atoms with Crippen LogP contribution in [0.4, 0.5) is 17.1 Å². The van der Waals surface area contributed by atoms with Gasteiger partial charge in [0.25, 0.3) is 5.91 Å². The van der Waals surface area contributed by atoms with E-state index in [1.54, 1.807) is 26.4 Å². The Morgan fingerprint density at radius 2 is 1.60 bits per heavy atom. The second kappa shape index (κ2) is 10.8. The summed E-state index contributed by atoms with van der Waals surface area (Å²) >= 11 is 0. The summed E-state index contributed by atoms with van der Waals surface area (Å²) in [6.45, 7) is 4.30. The molecule has 0 spiro atoms. The molecule has 4 aromatic rings. The summed E-state index contributed by atoms with van der Waals surface area (Å²) in [6.07, 6.45) is 0.479. The minimum Gasteiger partial charge on any atom is -0.497 e. The van der Waals surface area contributed by atoms with E-state index in [1.807, 2.05) is 60.7 Å². The van der Waals surface area contributed by atoms with E-state index >= 15 is 0 Å². The van der Waals surface area contributed by atoms with E-state index in [2.05, 4.69) is 36.2 Å². The lowest BCUT2D eigenvalue weighted by atomic mass is 10.1. The Bertz CT molecular complexity index is 1260. The fraction of sp³-hybridized carbons (Fsp3) is 0.207. The van der Waals surface area contributed by atoms with E-state index in [0.29, 0.717) is 17.9 Å². The highest BCUT2D eigenvalue weighted by Crippen LogP contribution is 2.29. The van der Waals surface area contributed by atoms with Crippen molar-refractivity contribution in [2.75, 3.05) is 24.4 Å². The number of nitrogens with zero attached hydrogens (tertiary/aromatic N) is 1. The number of methoxy groups -OCH3 is 2. The van der Waals surface area contributed by atoms with Crippen LogP contribution in [0.3, 0.4) is 0 Å². The van der Waals surface area contributed by atoms with Crippen molar-refractivity contribution in [1.29, 1.82) is 0 Å². The van der Waals surface area contributed by atoms with Crippen molar-refractivity contribution in [3.8, 4) is 11.5 Å². The van der Waals surface area contributed by atoms with E-state index < -0.39 is 0 Å². The van der Waals surface area contributed by atoms with Gasteiger partial charge in [0.2, 0.25) is 0 Å². The number of carbonyl (C=O) groups is 1. The number of para-hydroxylation sites is 1. The first-order chi connectivity index (χ1) is 17.0. The number of amides is 1. The Hall–Kier alpha value is -4.19. The fourth-order valence-electron chi connectivity index (χ4n) is 4.03. The molecule has 1 heterocycles. The van der Waals surface area contributed by atoms with Gasteiger partial charge in [0.05, 0.1) is 14.2 Å². The van der Waals surface area contributed by atoms with Gasteiger partial charge < -0.3 is 24.1 Å². The van der Waals surface area contributed by atoms with E-state index in [4.69, 9.17) is 13.9 Å². The first-order valence-corrected chi connectivity index (χ1v) is 11.5. The third kappa shape index (κ3) is 5.66. The molecule has 6 nitrogen and oxygen atoms in total. The number of anilines is 3. The smallest absolute Gasteiger partial charge is 0.291 e. The molecule has 0 saturated heterocycles. The van der Waals surface area contributed by atoms with Gasteiger partial charge in [-0.05, 0) is 80.6 Å². The minimum atomic E-state index is -0.301. The molecule has 0 unspecified atom stereocenters. The van der Waals surface area contributed by atoms with Crippen LogP contribution in [-0.2, 0) is 6.42 Å². The molecule has 180 valence electrons. The molecule has 1 N–H and O–H groups in total. The van der Waals surface area contributed by atoms with Crippen LogP contribution < -0.4 is 19.7 Å². The van der Waals surface area contributed by atoms with Crippen molar-refractivity contribution in [3.63, 3.8) is 0 Å². The standard InChI is InChI=1S/C29H30N2O4/c1-20(2)31(23-8-6-5-7-9-23)24-12-10-22(11-13-24)30-29(32)28-17-15-26(35-28)19-21-18-25(33-3)14-16-27(21)34-4/h5-18,20H,19H2,1-4H3,(H,30,32). The summed E-state index contributed by atoms with van der Waals surface area (Å²) in [6, 6.07) is 27.4. The van der Waals surface area contributed by atoms with Gasteiger partial charge in [-0.15, -0.1) is 0 Å². The van der Waals surface area contributed by atoms with Crippen molar-refractivity contribution < 1.29 is 18.7 Å². The van der Waals surface area contributed by atoms with Crippen molar-refractivity contribution >= 4 is 23.0 Å². The van der Waals surface area contributed by atoms with Crippen LogP contribution in [0.2, 0.25) is 0 Å². The SMILES string of the molecule is COc1ccc(OC)c(Cc2ccc(C(=O)Nc3ccc(N(c4ccccc4)C(C)C)cc3)o2)c1. The minimum absolute atomic E-state index is 0.249. The number of carbonyl (C=O) groups excluding carboxylic acids is 1. The molecule has 0 aliphatic heterocycles. The molecule has 1 aromatic heterocycles. The second-order valence-corrected chi connectivity index (χ2v) is 8.42. The van der Waals surface area contributed by atoms with Gasteiger partial charge in [-0.2, -0.15) is 0 Å². The van der Waals surface area contributed by atoms with Crippen LogP contribution in [-0.4, -0.2) is 26.2 Å². The molecule has 35 heavy (non-hydrogen) atoms. The van der Waals surface area contributed by atoms with Crippen molar-refractivity contribution in [1.82, 2.24) is 0 Å². The van der Waals surface area contributed by atoms with Gasteiger partial charge in [-0.25, -0.2) is 0 Å². The summed E-state index contributed by atoms with van der Waals surface area (Å²) in [5, 5.41) is 2.92. The normalized spacial score (nSPS) is 10.8. The highest BCUT2D eigenvalue weighted by molar-refractivity contribution is 6.02. The first kappa shape index (κ1) is 24.0. The Kier molecular flexibility index (Phi) is 7.41. The third-order valence-electron chi connectivity index (χ3n) is 5.69. The summed E-state index contributed by atoms with van der Waals surface area (Å²) in [5.74, 6) is 2.08. The third-order valence-corrected chi connectivity index (χ3v) is 5.69. The number of ether oxygens (including phenoxy) is 2. The molecule has 0 saturated carbocycles. The number of benzene rings is 3. The molecule has 0 radical (unpaired) electrons. The summed E-state index contributed by atoms with van der Waals surface area (Å²) in [4.78, 5) is 15.0. The van der Waals surface area contributed by atoms with Crippen molar-refractivity contribution in [3.05, 3.63) is 102 Å². The molecule has 6 heteroatoms. The highest BCUT2D eigenvalue weighted by Gasteiger charge is 2.16. The monoisotopic (exact) mass is 470 g/mol. The predicted octanol–water partition coefficient (Wildman–Crippen LogP) is 6.69. The maximum atomic E-state index is 12.8. The quantitative estimate of drug-likeness (QED) is 0.295. The predicted molar refractivity (Wildman–Crippen MR) is 139 cm³/mol. The lowest BCUT2D eigenvalue weighted by Gasteiger charge is -2.29. The molecule has 0 aliphatic rings. The molecular weight excluding hydrogens is 440 g/mol. The number of rotatable bonds is 9. The average molecular weight is 471 g/mol. The van der Waals surface area contributed by atoms with Crippen LogP contribution >= 0.6 is 0 Å². The van der Waals surface area contributed by atoms with E-state index in [0.717, 1.165) is 28.4 Å². The van der Waals surface area contributed by atoms with Gasteiger partial charge in [-0.3, -0.25) is 4.79 Å². The Morgan fingerprint density at radius 1 is 0.886 bits per heavy atom. The van der Waals surface area contributed by atoms with Gasteiger partial charge in [-0.1, -0.05) is 18.2 Å². The molecule has 0 bridgehead atoms. The first-order valence-electron chi connectivity index (χ1n) is 11.5. The number of furan rings is 1. The lowest BCUT2D eigenvalue weighted by molar-refractivity contribution is 0.0995. The van der Waals surface area contributed by atoms with Crippen LogP contribution in [0.25, 0.3) is 0 Å². The maximum absolute atomic E-state index is 12.8. The topological polar surface area (TPSA) is 63.9 Å². The number of nitrogens with one attached hydrogen (secondary N) is 1. The van der Waals surface area contributed by atoms with Gasteiger partial charge in [0, 0.05) is 35.1 Å². The number of hydrogen-bond donors (Lipinski definition) is 1. The van der Waals surface area contributed by atoms with E-state index in [-0.39, 0.29) is 17.7 Å². The molecule has 0 fully saturated rings. The average Bonchev–Trinajstić information content (AvgIpc) is 3.34.